The van der Waals surface area contributed by atoms with Crippen LogP contribution in [0.4, 0.5) is 0 Å². The highest BCUT2D eigenvalue weighted by Crippen LogP contribution is 2.20. The molecule has 3 rings (SSSR count). The van der Waals surface area contributed by atoms with Crippen LogP contribution in [0.5, 0.6) is 0 Å². The SMILES string of the molecule is CCCN(C(=O)c1ccc2ccc(Cl)cc2n1)C1CCNCC1.Cl.Cl. The first kappa shape index (κ1) is 22.0. The van der Waals surface area contributed by atoms with Gasteiger partial charge in [-0.15, -0.1) is 24.8 Å². The summed E-state index contributed by atoms with van der Waals surface area (Å²) in [6.07, 6.45) is 2.96. The molecular weight excluding hydrogens is 381 g/mol. The molecule has 1 N–H and O–H groups in total. The highest BCUT2D eigenvalue weighted by atomic mass is 35.5. The van der Waals surface area contributed by atoms with Crippen molar-refractivity contribution in [3.63, 3.8) is 0 Å². The maximum atomic E-state index is 13.0. The van der Waals surface area contributed by atoms with Crippen LogP contribution in [-0.2, 0) is 0 Å². The van der Waals surface area contributed by atoms with Crippen molar-refractivity contribution < 1.29 is 4.79 Å². The van der Waals surface area contributed by atoms with Gasteiger partial charge in [-0.2, -0.15) is 0 Å². The van der Waals surface area contributed by atoms with Crippen molar-refractivity contribution in [2.45, 2.75) is 32.2 Å². The average Bonchev–Trinajstić information content (AvgIpc) is 2.59. The van der Waals surface area contributed by atoms with Crippen molar-refractivity contribution in [3.8, 4) is 0 Å². The predicted molar refractivity (Wildman–Crippen MR) is 108 cm³/mol. The van der Waals surface area contributed by atoms with E-state index in [1.54, 1.807) is 0 Å². The first-order chi connectivity index (χ1) is 11.2. The number of rotatable bonds is 4. The van der Waals surface area contributed by atoms with E-state index in [1.807, 2.05) is 35.2 Å². The van der Waals surface area contributed by atoms with Crippen molar-refractivity contribution in [2.75, 3.05) is 19.6 Å². The number of nitrogens with one attached hydrogen (secondary N) is 1. The number of nitrogens with zero attached hydrogens (tertiary/aromatic N) is 2. The summed E-state index contributed by atoms with van der Waals surface area (Å²) in [5.41, 5.74) is 1.27. The lowest BCUT2D eigenvalue weighted by Gasteiger charge is -2.34. The molecule has 0 bridgehead atoms. The van der Waals surface area contributed by atoms with Crippen molar-refractivity contribution >= 4 is 53.2 Å². The predicted octanol–water partition coefficient (Wildman–Crippen LogP) is 4.34. The summed E-state index contributed by atoms with van der Waals surface area (Å²) in [7, 11) is 0. The van der Waals surface area contributed by atoms with Crippen LogP contribution in [-0.4, -0.2) is 41.5 Å². The summed E-state index contributed by atoms with van der Waals surface area (Å²) in [6, 6.07) is 9.64. The summed E-state index contributed by atoms with van der Waals surface area (Å²) in [5, 5.41) is 4.99. The summed E-state index contributed by atoms with van der Waals surface area (Å²) >= 11 is 6.04. The van der Waals surface area contributed by atoms with E-state index >= 15 is 0 Å². The van der Waals surface area contributed by atoms with Crippen LogP contribution in [0.25, 0.3) is 10.9 Å². The van der Waals surface area contributed by atoms with E-state index in [1.165, 1.54) is 0 Å². The number of aromatic nitrogens is 1. The molecule has 25 heavy (non-hydrogen) atoms. The molecule has 1 aromatic carbocycles. The van der Waals surface area contributed by atoms with Crippen LogP contribution in [0.2, 0.25) is 5.02 Å². The molecular formula is C18H24Cl3N3O. The van der Waals surface area contributed by atoms with Gasteiger partial charge in [0.05, 0.1) is 5.52 Å². The fourth-order valence-corrected chi connectivity index (χ4v) is 3.33. The fourth-order valence-electron chi connectivity index (χ4n) is 3.17. The molecule has 0 atom stereocenters. The lowest BCUT2D eigenvalue weighted by molar-refractivity contribution is 0.0637. The van der Waals surface area contributed by atoms with Gasteiger partial charge in [0.1, 0.15) is 5.69 Å². The number of benzene rings is 1. The quantitative estimate of drug-likeness (QED) is 0.824. The number of hydrogen-bond donors (Lipinski definition) is 1. The Morgan fingerprint density at radius 3 is 2.60 bits per heavy atom. The van der Waals surface area contributed by atoms with Crippen LogP contribution >= 0.6 is 36.4 Å². The second-order valence-electron chi connectivity index (χ2n) is 6.01. The second-order valence-corrected chi connectivity index (χ2v) is 6.45. The molecule has 1 aromatic heterocycles. The Labute approximate surface area is 166 Å². The smallest absolute Gasteiger partial charge is 0.272 e. The number of piperidine rings is 1. The molecule has 0 radical (unpaired) electrons. The number of hydrogen-bond acceptors (Lipinski definition) is 3. The van der Waals surface area contributed by atoms with Gasteiger partial charge >= 0.3 is 0 Å². The van der Waals surface area contributed by atoms with Gasteiger partial charge < -0.3 is 10.2 Å². The number of pyridine rings is 1. The number of amides is 1. The minimum atomic E-state index is 0. The Morgan fingerprint density at radius 2 is 1.92 bits per heavy atom. The lowest BCUT2D eigenvalue weighted by Crippen LogP contribution is -2.46. The maximum Gasteiger partial charge on any atom is 0.272 e. The van der Waals surface area contributed by atoms with Crippen molar-refractivity contribution in [3.05, 3.63) is 41.0 Å². The third-order valence-electron chi connectivity index (χ3n) is 4.35. The Balaban J connectivity index is 0.00000156. The van der Waals surface area contributed by atoms with Crippen LogP contribution in [0.3, 0.4) is 0 Å². The van der Waals surface area contributed by atoms with Gasteiger partial charge in [0.15, 0.2) is 0 Å². The number of halogens is 3. The molecule has 0 unspecified atom stereocenters. The van der Waals surface area contributed by atoms with Gasteiger partial charge in [-0.25, -0.2) is 4.98 Å². The van der Waals surface area contributed by atoms with Crippen LogP contribution in [0.1, 0.15) is 36.7 Å². The maximum absolute atomic E-state index is 13.0. The zero-order chi connectivity index (χ0) is 16.2. The molecule has 4 nitrogen and oxygen atoms in total. The Morgan fingerprint density at radius 1 is 1.24 bits per heavy atom. The Bertz CT molecular complexity index is 705. The summed E-state index contributed by atoms with van der Waals surface area (Å²) in [4.78, 5) is 19.5. The van der Waals surface area contributed by atoms with E-state index in [2.05, 4.69) is 17.2 Å². The standard InChI is InChI=1S/C18H22ClN3O.2ClH/c1-2-11-22(15-7-9-20-10-8-15)18(23)16-6-4-13-3-5-14(19)12-17(13)21-16;;/h3-6,12,15,20H,2,7-11H2,1H3;2*1H. The Hall–Kier alpha value is -1.07. The van der Waals surface area contributed by atoms with Gasteiger partial charge in [0, 0.05) is 23.0 Å². The average molecular weight is 405 g/mol. The monoisotopic (exact) mass is 403 g/mol. The zero-order valence-corrected chi connectivity index (χ0v) is 16.6. The molecule has 1 aliphatic heterocycles. The van der Waals surface area contributed by atoms with Gasteiger partial charge in [0.2, 0.25) is 0 Å². The molecule has 0 aliphatic carbocycles. The van der Waals surface area contributed by atoms with Gasteiger partial charge in [-0.05, 0) is 50.6 Å². The van der Waals surface area contributed by atoms with Crippen molar-refractivity contribution in [2.24, 2.45) is 0 Å². The minimum absolute atomic E-state index is 0. The number of fused-ring (bicyclic) bond motifs is 1. The first-order valence-electron chi connectivity index (χ1n) is 8.27. The molecule has 2 aromatic rings. The number of carbonyl (C=O) groups excluding carboxylic acids is 1. The lowest BCUT2D eigenvalue weighted by atomic mass is 10.0. The molecule has 1 amide bonds. The van der Waals surface area contributed by atoms with Gasteiger partial charge in [0.25, 0.3) is 5.91 Å². The second kappa shape index (κ2) is 10.2. The van der Waals surface area contributed by atoms with E-state index in [-0.39, 0.29) is 30.7 Å². The number of carbonyl (C=O) groups is 1. The molecule has 0 saturated carbocycles. The minimum Gasteiger partial charge on any atom is -0.334 e. The third-order valence-corrected chi connectivity index (χ3v) is 4.58. The molecule has 1 fully saturated rings. The summed E-state index contributed by atoms with van der Waals surface area (Å²) in [6.45, 7) is 4.82. The first-order valence-corrected chi connectivity index (χ1v) is 8.65. The third kappa shape index (κ3) is 5.20. The summed E-state index contributed by atoms with van der Waals surface area (Å²) in [5.74, 6) is 0.0284. The largest absolute Gasteiger partial charge is 0.334 e. The molecule has 1 saturated heterocycles. The van der Waals surface area contributed by atoms with Gasteiger partial charge in [-0.1, -0.05) is 30.7 Å². The normalized spacial score (nSPS) is 14.5. The fraction of sp³-hybridized carbons (Fsp3) is 0.444. The van der Waals surface area contributed by atoms with Crippen LogP contribution in [0.15, 0.2) is 30.3 Å². The highest BCUT2D eigenvalue weighted by molar-refractivity contribution is 6.31. The van der Waals surface area contributed by atoms with Crippen LogP contribution in [0, 0.1) is 0 Å². The zero-order valence-electron chi connectivity index (χ0n) is 14.2. The molecule has 138 valence electrons. The topological polar surface area (TPSA) is 45.2 Å². The van der Waals surface area contributed by atoms with Crippen molar-refractivity contribution in [1.82, 2.24) is 15.2 Å². The molecule has 1 aliphatic rings. The summed E-state index contributed by atoms with van der Waals surface area (Å²) < 4.78 is 0. The molecule has 0 spiro atoms. The van der Waals surface area contributed by atoms with E-state index in [9.17, 15) is 4.79 Å². The van der Waals surface area contributed by atoms with Crippen LogP contribution < -0.4 is 5.32 Å². The van der Waals surface area contributed by atoms with E-state index in [0.717, 1.165) is 49.8 Å². The van der Waals surface area contributed by atoms with E-state index in [0.29, 0.717) is 16.8 Å². The van der Waals surface area contributed by atoms with Crippen molar-refractivity contribution in [1.29, 1.82) is 0 Å². The van der Waals surface area contributed by atoms with Gasteiger partial charge in [-0.3, -0.25) is 4.79 Å². The van der Waals surface area contributed by atoms with E-state index in [4.69, 9.17) is 11.6 Å². The molecule has 2 heterocycles. The van der Waals surface area contributed by atoms with E-state index < -0.39 is 0 Å². The molecule has 7 heteroatoms. The Kier molecular flexibility index (Phi) is 8.94. The highest BCUT2D eigenvalue weighted by Gasteiger charge is 2.26.